The number of hydrogen-bond donors (Lipinski definition) is 0. The normalized spacial score (nSPS) is 35.0. The molecule has 0 N–H and O–H groups in total. The van der Waals surface area contributed by atoms with Crippen LogP contribution in [0.2, 0.25) is 0 Å². The first-order valence-corrected chi connectivity index (χ1v) is 3.84. The zero-order chi connectivity index (χ0) is 7.90. The number of fused-ring (bicyclic) bond motifs is 1. The Bertz CT molecular complexity index is 224. The van der Waals surface area contributed by atoms with Crippen molar-refractivity contribution >= 4 is 5.91 Å². The molecule has 0 aliphatic carbocycles. The number of methoxy groups -OCH3 is 1. The van der Waals surface area contributed by atoms with Crippen molar-refractivity contribution in [3.05, 3.63) is 12.2 Å². The lowest BCUT2D eigenvalue weighted by atomic mass is 10.2. The fraction of sp³-hybridized carbons (Fsp3) is 0.625. The first-order chi connectivity index (χ1) is 5.28. The maximum Gasteiger partial charge on any atom is 0.248 e. The van der Waals surface area contributed by atoms with Gasteiger partial charge < -0.3 is 9.64 Å². The quantitative estimate of drug-likeness (QED) is 0.549. The van der Waals surface area contributed by atoms with Crippen LogP contribution < -0.4 is 0 Å². The van der Waals surface area contributed by atoms with Crippen LogP contribution in [0.5, 0.6) is 0 Å². The second kappa shape index (κ2) is 2.08. The molecule has 11 heavy (non-hydrogen) atoms. The molecule has 1 saturated heterocycles. The summed E-state index contributed by atoms with van der Waals surface area (Å²) in [5.41, 5.74) is -0.378. The van der Waals surface area contributed by atoms with Gasteiger partial charge in [0.25, 0.3) is 0 Å². The molecule has 1 fully saturated rings. The Balaban J connectivity index is 2.32. The zero-order valence-corrected chi connectivity index (χ0v) is 6.54. The summed E-state index contributed by atoms with van der Waals surface area (Å²) in [7, 11) is 1.65. The Morgan fingerprint density at radius 2 is 2.55 bits per heavy atom. The van der Waals surface area contributed by atoms with E-state index in [9.17, 15) is 4.79 Å². The minimum Gasteiger partial charge on any atom is -0.355 e. The summed E-state index contributed by atoms with van der Waals surface area (Å²) < 4.78 is 5.31. The average molecular weight is 153 g/mol. The third-order valence-electron chi connectivity index (χ3n) is 2.48. The number of carbonyl (C=O) groups is 1. The molecule has 0 aromatic rings. The lowest BCUT2D eigenvalue weighted by molar-refractivity contribution is -0.139. The molecule has 1 atom stereocenters. The fourth-order valence-corrected chi connectivity index (χ4v) is 1.86. The number of amides is 1. The van der Waals surface area contributed by atoms with Crippen molar-refractivity contribution in [2.24, 2.45) is 0 Å². The standard InChI is InChI=1S/C8H11NO2/c1-11-8-4-2-6-9(8)7(10)3-5-8/h3,5H,2,4,6H2,1H3. The van der Waals surface area contributed by atoms with Crippen molar-refractivity contribution in [2.75, 3.05) is 13.7 Å². The van der Waals surface area contributed by atoms with Crippen LogP contribution in [0, 0.1) is 0 Å². The van der Waals surface area contributed by atoms with Crippen LogP contribution in [0.25, 0.3) is 0 Å². The van der Waals surface area contributed by atoms with Gasteiger partial charge in [0.15, 0.2) is 5.72 Å². The summed E-state index contributed by atoms with van der Waals surface area (Å²) >= 11 is 0. The van der Waals surface area contributed by atoms with Crippen LogP contribution in [0.3, 0.4) is 0 Å². The lowest BCUT2D eigenvalue weighted by Crippen LogP contribution is -2.42. The Morgan fingerprint density at radius 1 is 1.73 bits per heavy atom. The summed E-state index contributed by atoms with van der Waals surface area (Å²) in [6.07, 6.45) is 5.45. The second-order valence-electron chi connectivity index (χ2n) is 2.98. The third kappa shape index (κ3) is 0.744. The minimum absolute atomic E-state index is 0.0874. The smallest absolute Gasteiger partial charge is 0.248 e. The van der Waals surface area contributed by atoms with Crippen LogP contribution in [0.15, 0.2) is 12.2 Å². The largest absolute Gasteiger partial charge is 0.355 e. The van der Waals surface area contributed by atoms with E-state index in [2.05, 4.69) is 0 Å². The first-order valence-electron chi connectivity index (χ1n) is 3.84. The van der Waals surface area contributed by atoms with Gasteiger partial charge in [0, 0.05) is 26.2 Å². The van der Waals surface area contributed by atoms with E-state index in [1.165, 1.54) is 0 Å². The summed E-state index contributed by atoms with van der Waals surface area (Å²) in [6, 6.07) is 0. The van der Waals surface area contributed by atoms with Crippen LogP contribution in [-0.4, -0.2) is 30.2 Å². The van der Waals surface area contributed by atoms with Crippen molar-refractivity contribution in [1.29, 1.82) is 0 Å². The monoisotopic (exact) mass is 153 g/mol. The molecule has 2 rings (SSSR count). The van der Waals surface area contributed by atoms with E-state index in [4.69, 9.17) is 4.74 Å². The van der Waals surface area contributed by atoms with Gasteiger partial charge >= 0.3 is 0 Å². The first kappa shape index (κ1) is 6.85. The highest BCUT2D eigenvalue weighted by atomic mass is 16.5. The van der Waals surface area contributed by atoms with Crippen LogP contribution in [0.4, 0.5) is 0 Å². The summed E-state index contributed by atoms with van der Waals surface area (Å²) in [5.74, 6) is 0.0874. The molecule has 0 aromatic heterocycles. The SMILES string of the molecule is COC12C=CC(=O)N1CCC2. The molecule has 2 aliphatic heterocycles. The van der Waals surface area contributed by atoms with Crippen LogP contribution >= 0.6 is 0 Å². The third-order valence-corrected chi connectivity index (χ3v) is 2.48. The van der Waals surface area contributed by atoms with Crippen molar-refractivity contribution in [1.82, 2.24) is 4.90 Å². The number of nitrogens with zero attached hydrogens (tertiary/aromatic N) is 1. The predicted molar refractivity (Wildman–Crippen MR) is 39.8 cm³/mol. The maximum absolute atomic E-state index is 11.2. The molecule has 0 aromatic carbocycles. The van der Waals surface area contributed by atoms with E-state index in [1.54, 1.807) is 18.1 Å². The van der Waals surface area contributed by atoms with Crippen molar-refractivity contribution in [2.45, 2.75) is 18.6 Å². The average Bonchev–Trinajstić information content (AvgIpc) is 2.53. The number of hydrogen-bond acceptors (Lipinski definition) is 2. The topological polar surface area (TPSA) is 29.5 Å². The van der Waals surface area contributed by atoms with Gasteiger partial charge in [-0.05, 0) is 12.5 Å². The number of ether oxygens (including phenoxy) is 1. The molecule has 1 amide bonds. The molecule has 2 heterocycles. The molecule has 0 spiro atoms. The number of rotatable bonds is 1. The molecular weight excluding hydrogens is 142 g/mol. The molecule has 3 nitrogen and oxygen atoms in total. The van der Waals surface area contributed by atoms with Gasteiger partial charge in [0.1, 0.15) is 0 Å². The molecule has 2 aliphatic rings. The highest BCUT2D eigenvalue weighted by Crippen LogP contribution is 2.35. The summed E-state index contributed by atoms with van der Waals surface area (Å²) in [5, 5.41) is 0. The Kier molecular flexibility index (Phi) is 1.29. The molecule has 3 heteroatoms. The minimum atomic E-state index is -0.378. The van der Waals surface area contributed by atoms with Gasteiger partial charge in [-0.1, -0.05) is 0 Å². The molecule has 0 saturated carbocycles. The molecular formula is C8H11NO2. The maximum atomic E-state index is 11.2. The molecule has 0 radical (unpaired) electrons. The predicted octanol–water partition coefficient (Wildman–Crippen LogP) is 0.521. The zero-order valence-electron chi connectivity index (χ0n) is 6.54. The molecule has 0 bridgehead atoms. The van der Waals surface area contributed by atoms with Crippen molar-refractivity contribution < 1.29 is 9.53 Å². The van der Waals surface area contributed by atoms with E-state index in [0.29, 0.717) is 0 Å². The lowest BCUT2D eigenvalue weighted by Gasteiger charge is -2.29. The molecule has 1 unspecified atom stereocenters. The van der Waals surface area contributed by atoms with Crippen molar-refractivity contribution in [3.63, 3.8) is 0 Å². The van der Waals surface area contributed by atoms with Gasteiger partial charge in [-0.3, -0.25) is 4.79 Å². The fourth-order valence-electron chi connectivity index (χ4n) is 1.86. The highest BCUT2D eigenvalue weighted by Gasteiger charge is 2.44. The van der Waals surface area contributed by atoms with Gasteiger partial charge in [-0.15, -0.1) is 0 Å². The van der Waals surface area contributed by atoms with Gasteiger partial charge in [0.2, 0.25) is 5.91 Å². The summed E-state index contributed by atoms with van der Waals surface area (Å²) in [4.78, 5) is 13.0. The Morgan fingerprint density at radius 3 is 3.18 bits per heavy atom. The van der Waals surface area contributed by atoms with E-state index >= 15 is 0 Å². The highest BCUT2D eigenvalue weighted by molar-refractivity contribution is 5.91. The Labute approximate surface area is 65.6 Å². The van der Waals surface area contributed by atoms with E-state index in [1.807, 2.05) is 6.08 Å². The number of carbonyl (C=O) groups excluding carboxylic acids is 1. The van der Waals surface area contributed by atoms with Crippen LogP contribution in [-0.2, 0) is 9.53 Å². The van der Waals surface area contributed by atoms with E-state index in [-0.39, 0.29) is 11.6 Å². The van der Waals surface area contributed by atoms with E-state index in [0.717, 1.165) is 19.4 Å². The second-order valence-corrected chi connectivity index (χ2v) is 2.98. The van der Waals surface area contributed by atoms with Gasteiger partial charge in [-0.2, -0.15) is 0 Å². The van der Waals surface area contributed by atoms with Crippen LogP contribution in [0.1, 0.15) is 12.8 Å². The Hall–Kier alpha value is -0.830. The van der Waals surface area contributed by atoms with E-state index < -0.39 is 0 Å². The van der Waals surface area contributed by atoms with Crippen molar-refractivity contribution in [3.8, 4) is 0 Å². The van der Waals surface area contributed by atoms with Gasteiger partial charge in [-0.25, -0.2) is 0 Å². The summed E-state index contributed by atoms with van der Waals surface area (Å²) in [6.45, 7) is 0.833. The molecule has 60 valence electrons. The van der Waals surface area contributed by atoms with Gasteiger partial charge in [0.05, 0.1) is 0 Å².